The van der Waals surface area contributed by atoms with Crippen molar-refractivity contribution in [3.8, 4) is 0 Å². The van der Waals surface area contributed by atoms with Gasteiger partial charge in [-0.2, -0.15) is 0 Å². The number of nitrogens with zero attached hydrogens (tertiary/aromatic N) is 1. The van der Waals surface area contributed by atoms with Crippen molar-refractivity contribution in [1.29, 1.82) is 0 Å². The number of fused-ring (bicyclic) bond motifs is 1. The quantitative estimate of drug-likeness (QED) is 0.794. The Morgan fingerprint density at radius 2 is 1.80 bits per heavy atom. The van der Waals surface area contributed by atoms with E-state index >= 15 is 0 Å². The van der Waals surface area contributed by atoms with Crippen LogP contribution in [0.25, 0.3) is 0 Å². The van der Waals surface area contributed by atoms with Crippen LogP contribution in [0, 0.1) is 6.92 Å². The van der Waals surface area contributed by atoms with Crippen molar-refractivity contribution < 1.29 is 14.3 Å². The zero-order valence-corrected chi connectivity index (χ0v) is 17.8. The Kier molecular flexibility index (Phi) is 5.91. The molecule has 4 rings (SSSR count). The molecule has 30 heavy (non-hydrogen) atoms. The van der Waals surface area contributed by atoms with E-state index in [1.54, 1.807) is 7.11 Å². The van der Waals surface area contributed by atoms with Crippen LogP contribution in [0.5, 0.6) is 0 Å². The zero-order valence-electron chi connectivity index (χ0n) is 17.8. The van der Waals surface area contributed by atoms with Crippen LogP contribution in [-0.4, -0.2) is 42.5 Å². The van der Waals surface area contributed by atoms with Gasteiger partial charge in [0, 0.05) is 24.9 Å². The fourth-order valence-electron chi connectivity index (χ4n) is 5.27. The van der Waals surface area contributed by atoms with Crippen LogP contribution in [0.1, 0.15) is 59.5 Å². The highest BCUT2D eigenvalue weighted by Gasteiger charge is 2.54. The van der Waals surface area contributed by atoms with Crippen molar-refractivity contribution in [3.05, 3.63) is 65.2 Å². The number of carbonyl (C=O) groups is 2. The average molecular weight is 407 g/mol. The van der Waals surface area contributed by atoms with Gasteiger partial charge in [-0.05, 0) is 43.0 Å². The number of amides is 2. The first-order valence-electron chi connectivity index (χ1n) is 10.8. The van der Waals surface area contributed by atoms with Crippen LogP contribution in [-0.2, 0) is 9.53 Å². The SMILES string of the molecule is COCCN1C(=O)c2ccccc2[C@H](C(=O)Nc2ccccc2C)C12CCCCC2. The van der Waals surface area contributed by atoms with E-state index in [2.05, 4.69) is 5.32 Å². The van der Waals surface area contributed by atoms with Crippen molar-refractivity contribution in [1.82, 2.24) is 4.90 Å². The monoisotopic (exact) mass is 406 g/mol. The van der Waals surface area contributed by atoms with Crippen molar-refractivity contribution in [2.24, 2.45) is 0 Å². The fraction of sp³-hybridized carbons (Fsp3) is 0.440. The van der Waals surface area contributed by atoms with Crippen LogP contribution in [0.2, 0.25) is 0 Å². The molecule has 2 aromatic rings. The van der Waals surface area contributed by atoms with Crippen molar-refractivity contribution in [2.75, 3.05) is 25.6 Å². The highest BCUT2D eigenvalue weighted by Crippen LogP contribution is 2.49. The number of nitrogens with one attached hydrogen (secondary N) is 1. The van der Waals surface area contributed by atoms with E-state index in [1.807, 2.05) is 60.4 Å². The number of anilines is 1. The first-order chi connectivity index (χ1) is 14.6. The maximum atomic E-state index is 13.8. The second-order valence-corrected chi connectivity index (χ2v) is 8.44. The van der Waals surface area contributed by atoms with Gasteiger partial charge in [-0.15, -0.1) is 0 Å². The van der Waals surface area contributed by atoms with E-state index in [0.29, 0.717) is 18.7 Å². The van der Waals surface area contributed by atoms with Gasteiger partial charge in [-0.1, -0.05) is 55.7 Å². The van der Waals surface area contributed by atoms with Gasteiger partial charge in [-0.3, -0.25) is 9.59 Å². The minimum Gasteiger partial charge on any atom is -0.383 e. The summed E-state index contributed by atoms with van der Waals surface area (Å²) in [7, 11) is 1.65. The number of benzene rings is 2. The van der Waals surface area contributed by atoms with Crippen LogP contribution in [0.4, 0.5) is 5.69 Å². The maximum Gasteiger partial charge on any atom is 0.254 e. The smallest absolute Gasteiger partial charge is 0.254 e. The number of hydrogen-bond acceptors (Lipinski definition) is 3. The second-order valence-electron chi connectivity index (χ2n) is 8.44. The van der Waals surface area contributed by atoms with Crippen LogP contribution < -0.4 is 5.32 Å². The number of para-hydroxylation sites is 1. The van der Waals surface area contributed by atoms with Crippen molar-refractivity contribution in [3.63, 3.8) is 0 Å². The Hall–Kier alpha value is -2.66. The van der Waals surface area contributed by atoms with E-state index in [0.717, 1.165) is 48.9 Å². The third kappa shape index (κ3) is 3.52. The van der Waals surface area contributed by atoms with Gasteiger partial charge in [0.1, 0.15) is 0 Å². The molecular weight excluding hydrogens is 376 g/mol. The fourth-order valence-corrected chi connectivity index (χ4v) is 5.27. The lowest BCUT2D eigenvalue weighted by molar-refractivity contribution is -0.122. The van der Waals surface area contributed by atoms with E-state index < -0.39 is 11.5 Å². The second kappa shape index (κ2) is 8.60. The predicted molar refractivity (Wildman–Crippen MR) is 118 cm³/mol. The largest absolute Gasteiger partial charge is 0.383 e. The summed E-state index contributed by atoms with van der Waals surface area (Å²) in [5, 5.41) is 3.18. The minimum absolute atomic E-state index is 0.0180. The molecule has 0 bridgehead atoms. The van der Waals surface area contributed by atoms with Crippen LogP contribution in [0.15, 0.2) is 48.5 Å². The minimum atomic E-state index is -0.505. The Balaban J connectivity index is 1.81. The molecule has 1 saturated carbocycles. The van der Waals surface area contributed by atoms with Gasteiger partial charge in [0.25, 0.3) is 5.91 Å². The number of carbonyl (C=O) groups excluding carboxylic acids is 2. The molecule has 0 radical (unpaired) electrons. The molecule has 5 nitrogen and oxygen atoms in total. The average Bonchev–Trinajstić information content (AvgIpc) is 2.76. The first kappa shape index (κ1) is 20.6. The molecule has 2 amide bonds. The van der Waals surface area contributed by atoms with Crippen LogP contribution in [0.3, 0.4) is 0 Å². The van der Waals surface area contributed by atoms with Gasteiger partial charge < -0.3 is 15.0 Å². The Morgan fingerprint density at radius 3 is 2.53 bits per heavy atom. The number of methoxy groups -OCH3 is 1. The molecule has 5 heteroatoms. The standard InChI is InChI=1S/C25H30N2O3/c1-18-10-4-7-13-21(18)26-23(28)22-19-11-5-6-12-20(19)24(29)27(16-17-30-2)25(22)14-8-3-9-15-25/h4-7,10-13,22H,3,8-9,14-17H2,1-2H3,(H,26,28)/t22-/m1/s1. The lowest BCUT2D eigenvalue weighted by Crippen LogP contribution is -2.62. The summed E-state index contributed by atoms with van der Waals surface area (Å²) in [5.74, 6) is -0.416. The molecular formula is C25H30N2O3. The van der Waals surface area contributed by atoms with E-state index in [9.17, 15) is 9.59 Å². The molecule has 1 atom stereocenters. The topological polar surface area (TPSA) is 58.6 Å². The van der Waals surface area contributed by atoms with Gasteiger partial charge >= 0.3 is 0 Å². The molecule has 1 fully saturated rings. The summed E-state index contributed by atoms with van der Waals surface area (Å²) in [4.78, 5) is 29.3. The number of ether oxygens (including phenoxy) is 1. The molecule has 2 aliphatic rings. The van der Waals surface area contributed by atoms with Crippen molar-refractivity contribution in [2.45, 2.75) is 50.5 Å². The summed E-state index contributed by atoms with van der Waals surface area (Å²) in [6.45, 7) is 2.95. The highest BCUT2D eigenvalue weighted by atomic mass is 16.5. The number of aryl methyl sites for hydroxylation is 1. The van der Waals surface area contributed by atoms with Gasteiger partial charge in [0.2, 0.25) is 5.91 Å². The molecule has 0 aromatic heterocycles. The summed E-state index contributed by atoms with van der Waals surface area (Å²) >= 11 is 0. The van der Waals surface area contributed by atoms with E-state index in [-0.39, 0.29) is 11.8 Å². The lowest BCUT2D eigenvalue weighted by atomic mass is 9.65. The zero-order chi connectivity index (χ0) is 21.1. The Morgan fingerprint density at radius 1 is 1.10 bits per heavy atom. The molecule has 0 saturated heterocycles. The number of rotatable bonds is 5. The van der Waals surface area contributed by atoms with Gasteiger partial charge in [-0.25, -0.2) is 0 Å². The molecule has 1 aliphatic carbocycles. The summed E-state index contributed by atoms with van der Waals surface area (Å²) in [5.41, 5.74) is 2.83. The summed E-state index contributed by atoms with van der Waals surface area (Å²) in [6, 6.07) is 15.4. The Labute approximate surface area is 178 Å². The van der Waals surface area contributed by atoms with Crippen LogP contribution >= 0.6 is 0 Å². The third-order valence-electron chi connectivity index (χ3n) is 6.73. The summed E-state index contributed by atoms with van der Waals surface area (Å²) in [6.07, 6.45) is 4.85. The maximum absolute atomic E-state index is 13.8. The molecule has 158 valence electrons. The van der Waals surface area contributed by atoms with Gasteiger partial charge in [0.05, 0.1) is 18.1 Å². The van der Waals surface area contributed by atoms with E-state index in [1.165, 1.54) is 0 Å². The Bertz CT molecular complexity index is 933. The third-order valence-corrected chi connectivity index (χ3v) is 6.73. The normalized spacial score (nSPS) is 20.1. The predicted octanol–water partition coefficient (Wildman–Crippen LogP) is 4.52. The lowest BCUT2D eigenvalue weighted by Gasteiger charge is -2.53. The molecule has 1 N–H and O–H groups in total. The molecule has 1 aliphatic heterocycles. The summed E-state index contributed by atoms with van der Waals surface area (Å²) < 4.78 is 5.33. The highest BCUT2D eigenvalue weighted by molar-refractivity contribution is 6.05. The first-order valence-corrected chi connectivity index (χ1v) is 10.8. The number of hydrogen-bond donors (Lipinski definition) is 1. The molecule has 1 spiro atoms. The molecule has 0 unspecified atom stereocenters. The van der Waals surface area contributed by atoms with E-state index in [4.69, 9.17) is 4.74 Å². The molecule has 1 heterocycles. The van der Waals surface area contributed by atoms with Crippen molar-refractivity contribution >= 4 is 17.5 Å². The molecule has 2 aromatic carbocycles. The van der Waals surface area contributed by atoms with Gasteiger partial charge in [0.15, 0.2) is 0 Å².